The molecule has 0 bridgehead atoms. The molecular weight excluding hydrogens is 351 g/mol. The lowest BCUT2D eigenvalue weighted by Gasteiger charge is -2.19. The summed E-state index contributed by atoms with van der Waals surface area (Å²) in [5.74, 6) is 1.03. The number of likely N-dealkylation sites (N-methyl/N-ethyl adjacent to an activating group) is 1. The van der Waals surface area contributed by atoms with E-state index in [1.54, 1.807) is 6.33 Å². The summed E-state index contributed by atoms with van der Waals surface area (Å²) in [6, 6.07) is 6.71. The summed E-state index contributed by atoms with van der Waals surface area (Å²) in [7, 11) is 2.00. The minimum atomic E-state index is 0.265. The molecule has 1 aromatic carbocycles. The largest absolute Gasteiger partial charge is 0.313 e. The minimum Gasteiger partial charge on any atom is -0.313 e. The van der Waals surface area contributed by atoms with Gasteiger partial charge in [0.1, 0.15) is 12.2 Å². The van der Waals surface area contributed by atoms with Crippen molar-refractivity contribution in [1.29, 1.82) is 0 Å². The lowest BCUT2D eigenvalue weighted by atomic mass is 10.0. The zero-order valence-electron chi connectivity index (χ0n) is 11.5. The monoisotopic (exact) mass is 370 g/mol. The normalized spacial score (nSPS) is 12.6. The Morgan fingerprint density at radius 2 is 2.21 bits per heavy atom. The number of aromatic nitrogens is 3. The number of hydrogen-bond acceptors (Lipinski definition) is 3. The van der Waals surface area contributed by atoms with Crippen LogP contribution in [0.2, 0.25) is 0 Å². The van der Waals surface area contributed by atoms with Gasteiger partial charge < -0.3 is 5.32 Å². The van der Waals surface area contributed by atoms with Crippen LogP contribution in [0.15, 0.2) is 24.5 Å². The van der Waals surface area contributed by atoms with Gasteiger partial charge in [0.05, 0.1) is 0 Å². The lowest BCUT2D eigenvalue weighted by Crippen LogP contribution is -2.22. The molecule has 1 unspecified atom stereocenters. The molecular formula is C14H19IN4. The Hall–Kier alpha value is -0.950. The molecule has 0 saturated carbocycles. The van der Waals surface area contributed by atoms with Gasteiger partial charge in [-0.25, -0.2) is 4.98 Å². The summed E-state index contributed by atoms with van der Waals surface area (Å²) in [4.78, 5) is 4.36. The van der Waals surface area contributed by atoms with Crippen molar-refractivity contribution in [1.82, 2.24) is 20.1 Å². The topological polar surface area (TPSA) is 42.7 Å². The van der Waals surface area contributed by atoms with Gasteiger partial charge in [-0.15, -0.1) is 0 Å². The van der Waals surface area contributed by atoms with Crippen molar-refractivity contribution in [3.05, 3.63) is 45.0 Å². The second-order valence-electron chi connectivity index (χ2n) is 4.52. The zero-order chi connectivity index (χ0) is 13.8. The number of hydrogen-bond donors (Lipinski definition) is 1. The summed E-state index contributed by atoms with van der Waals surface area (Å²) in [5.41, 5.74) is 2.64. The third kappa shape index (κ3) is 3.14. The van der Waals surface area contributed by atoms with Gasteiger partial charge in [-0.05, 0) is 54.6 Å². The molecule has 0 saturated heterocycles. The van der Waals surface area contributed by atoms with E-state index >= 15 is 0 Å². The van der Waals surface area contributed by atoms with Crippen molar-refractivity contribution in [2.75, 3.05) is 7.05 Å². The van der Waals surface area contributed by atoms with Crippen LogP contribution in [-0.2, 0) is 13.0 Å². The summed E-state index contributed by atoms with van der Waals surface area (Å²) in [6.45, 7) is 5.09. The fourth-order valence-electron chi connectivity index (χ4n) is 2.20. The van der Waals surface area contributed by atoms with Gasteiger partial charge in [-0.3, -0.25) is 4.68 Å². The fraction of sp³-hybridized carbons (Fsp3) is 0.429. The van der Waals surface area contributed by atoms with Crippen LogP contribution < -0.4 is 5.32 Å². The Morgan fingerprint density at radius 3 is 2.89 bits per heavy atom. The molecule has 0 aliphatic rings. The van der Waals surface area contributed by atoms with Crippen LogP contribution in [0.25, 0.3) is 0 Å². The van der Waals surface area contributed by atoms with Crippen molar-refractivity contribution in [3.8, 4) is 0 Å². The van der Waals surface area contributed by atoms with Gasteiger partial charge in [-0.2, -0.15) is 5.10 Å². The summed E-state index contributed by atoms with van der Waals surface area (Å²) >= 11 is 2.42. The second-order valence-corrected chi connectivity index (χ2v) is 5.59. The first-order chi connectivity index (χ1) is 9.17. The molecule has 0 aliphatic heterocycles. The molecule has 5 heteroatoms. The third-order valence-electron chi connectivity index (χ3n) is 3.33. The molecule has 0 fully saturated rings. The van der Waals surface area contributed by atoms with E-state index in [9.17, 15) is 0 Å². The zero-order valence-corrected chi connectivity index (χ0v) is 13.7. The van der Waals surface area contributed by atoms with Gasteiger partial charge in [0.15, 0.2) is 0 Å². The van der Waals surface area contributed by atoms with Gasteiger partial charge in [0.25, 0.3) is 0 Å². The molecule has 2 aromatic rings. The Morgan fingerprint density at radius 1 is 1.42 bits per heavy atom. The number of aryl methyl sites for hydroxylation is 2. The van der Waals surface area contributed by atoms with Crippen molar-refractivity contribution < 1.29 is 0 Å². The highest BCUT2D eigenvalue weighted by Crippen LogP contribution is 2.25. The molecule has 1 N–H and O–H groups in total. The van der Waals surface area contributed by atoms with E-state index < -0.39 is 0 Å². The van der Waals surface area contributed by atoms with E-state index in [1.165, 1.54) is 14.7 Å². The minimum absolute atomic E-state index is 0.265. The highest BCUT2D eigenvalue weighted by Gasteiger charge is 2.16. The molecule has 102 valence electrons. The third-order valence-corrected chi connectivity index (χ3v) is 4.80. The summed E-state index contributed by atoms with van der Waals surface area (Å²) in [6.07, 6.45) is 2.48. The predicted octanol–water partition coefficient (Wildman–Crippen LogP) is 2.71. The van der Waals surface area contributed by atoms with Crippen LogP contribution in [-0.4, -0.2) is 21.8 Å². The highest BCUT2D eigenvalue weighted by atomic mass is 127. The van der Waals surface area contributed by atoms with Gasteiger partial charge >= 0.3 is 0 Å². The molecule has 0 spiro atoms. The van der Waals surface area contributed by atoms with E-state index in [0.29, 0.717) is 0 Å². The van der Waals surface area contributed by atoms with Gasteiger partial charge in [0.2, 0.25) is 0 Å². The maximum absolute atomic E-state index is 4.36. The summed E-state index contributed by atoms with van der Waals surface area (Å²) in [5, 5.41) is 7.62. The fourth-order valence-corrected chi connectivity index (χ4v) is 2.94. The Bertz CT molecular complexity index is 550. The van der Waals surface area contributed by atoms with Crippen molar-refractivity contribution in [3.63, 3.8) is 0 Å². The lowest BCUT2D eigenvalue weighted by molar-refractivity contribution is 0.532. The Balaban J connectivity index is 2.28. The maximum Gasteiger partial charge on any atom is 0.138 e. The van der Waals surface area contributed by atoms with Gasteiger partial charge in [-0.1, -0.05) is 18.2 Å². The van der Waals surface area contributed by atoms with Crippen LogP contribution >= 0.6 is 22.6 Å². The maximum atomic E-state index is 4.36. The number of halogens is 1. The van der Waals surface area contributed by atoms with Crippen molar-refractivity contribution in [2.45, 2.75) is 32.9 Å². The highest BCUT2D eigenvalue weighted by molar-refractivity contribution is 14.1. The van der Waals surface area contributed by atoms with E-state index in [4.69, 9.17) is 0 Å². The van der Waals surface area contributed by atoms with Crippen LogP contribution in [0.1, 0.15) is 29.9 Å². The Kier molecular flexibility index (Phi) is 4.93. The van der Waals surface area contributed by atoms with Crippen molar-refractivity contribution >= 4 is 22.6 Å². The molecule has 0 radical (unpaired) electrons. The summed E-state index contributed by atoms with van der Waals surface area (Å²) < 4.78 is 3.27. The number of rotatable bonds is 5. The predicted molar refractivity (Wildman–Crippen MR) is 85.1 cm³/mol. The van der Waals surface area contributed by atoms with Crippen LogP contribution in [0, 0.1) is 10.5 Å². The van der Waals surface area contributed by atoms with Crippen molar-refractivity contribution in [2.24, 2.45) is 0 Å². The first-order valence-electron chi connectivity index (χ1n) is 6.46. The molecule has 1 aromatic heterocycles. The van der Waals surface area contributed by atoms with E-state index in [-0.39, 0.29) is 6.04 Å². The van der Waals surface area contributed by atoms with Crippen LogP contribution in [0.3, 0.4) is 0 Å². The quantitative estimate of drug-likeness (QED) is 0.824. The van der Waals surface area contributed by atoms with Crippen LogP contribution in [0.4, 0.5) is 0 Å². The Labute approximate surface area is 127 Å². The average Bonchev–Trinajstić information content (AvgIpc) is 2.87. The first-order valence-corrected chi connectivity index (χ1v) is 7.54. The smallest absolute Gasteiger partial charge is 0.138 e. The molecule has 0 aliphatic carbocycles. The molecule has 2 rings (SSSR count). The second kappa shape index (κ2) is 6.47. The molecule has 19 heavy (non-hydrogen) atoms. The number of nitrogens with one attached hydrogen (secondary N) is 1. The standard InChI is InChI=1S/C14H19IN4/c1-4-19-13(17-9-18-19)8-12(16-3)11-7-5-6-10(2)14(11)15/h5-7,9,12,16H,4,8H2,1-3H3. The van der Waals surface area contributed by atoms with E-state index in [2.05, 4.69) is 70.0 Å². The van der Waals surface area contributed by atoms with Gasteiger partial charge in [0, 0.05) is 22.6 Å². The molecule has 4 nitrogen and oxygen atoms in total. The van der Waals surface area contributed by atoms with E-state index in [0.717, 1.165) is 18.8 Å². The first kappa shape index (κ1) is 14.5. The van der Waals surface area contributed by atoms with Crippen LogP contribution in [0.5, 0.6) is 0 Å². The molecule has 0 amide bonds. The molecule has 1 heterocycles. The SMILES string of the molecule is CCn1ncnc1CC(NC)c1cccc(C)c1I. The van der Waals surface area contributed by atoms with E-state index in [1.807, 2.05) is 11.7 Å². The average molecular weight is 370 g/mol. The molecule has 1 atom stereocenters. The number of nitrogens with zero attached hydrogens (tertiary/aromatic N) is 3. The number of benzene rings is 1.